The van der Waals surface area contributed by atoms with Gasteiger partial charge in [-0.3, -0.25) is 9.59 Å². The average Bonchev–Trinajstić information content (AvgIpc) is 2.82. The van der Waals surface area contributed by atoms with Crippen LogP contribution >= 0.6 is 0 Å². The molecule has 8 nitrogen and oxygen atoms in total. The second-order valence-electron chi connectivity index (χ2n) is 9.65. The number of hydrogen-bond acceptors (Lipinski definition) is 5. The molecule has 0 aliphatic rings. The zero-order valence-corrected chi connectivity index (χ0v) is 21.9. The lowest BCUT2D eigenvalue weighted by Crippen LogP contribution is -2.53. The highest BCUT2D eigenvalue weighted by Crippen LogP contribution is 2.25. The molecular formula is C28H39N3O5. The lowest BCUT2D eigenvalue weighted by molar-refractivity contribution is -0.142. The van der Waals surface area contributed by atoms with Crippen LogP contribution in [0.5, 0.6) is 5.75 Å². The predicted molar refractivity (Wildman–Crippen MR) is 139 cm³/mol. The first-order chi connectivity index (χ1) is 17.1. The third kappa shape index (κ3) is 8.91. The van der Waals surface area contributed by atoms with Crippen molar-refractivity contribution in [2.45, 2.75) is 71.6 Å². The van der Waals surface area contributed by atoms with Gasteiger partial charge in [0.1, 0.15) is 23.4 Å². The summed E-state index contributed by atoms with van der Waals surface area (Å²) in [6.07, 6.45) is 1.25. The Kier molecular flexibility index (Phi) is 10.8. The van der Waals surface area contributed by atoms with Gasteiger partial charge in [-0.1, -0.05) is 55.8 Å². The highest BCUT2D eigenvalue weighted by atomic mass is 16.6. The summed E-state index contributed by atoms with van der Waals surface area (Å²) in [5.41, 5.74) is 0.687. The number of rotatable bonds is 11. The number of hydrogen-bond donors (Lipinski definition) is 3. The lowest BCUT2D eigenvalue weighted by Gasteiger charge is -2.34. The largest absolute Gasteiger partial charge is 0.508 e. The molecule has 3 N–H and O–H groups in total. The molecule has 2 aromatic carbocycles. The summed E-state index contributed by atoms with van der Waals surface area (Å²) in [7, 11) is 0. The van der Waals surface area contributed by atoms with Gasteiger partial charge in [-0.15, -0.1) is 0 Å². The predicted octanol–water partition coefficient (Wildman–Crippen LogP) is 4.33. The number of likely N-dealkylation sites (N-methyl/N-ethyl adjacent to an activating group) is 1. The number of alkyl carbamates (subject to hydrolysis) is 1. The molecule has 36 heavy (non-hydrogen) atoms. The third-order valence-electron chi connectivity index (χ3n) is 5.49. The van der Waals surface area contributed by atoms with E-state index in [1.54, 1.807) is 39.8 Å². The van der Waals surface area contributed by atoms with E-state index in [2.05, 4.69) is 10.6 Å². The monoisotopic (exact) mass is 497 g/mol. The Labute approximate surface area is 214 Å². The lowest BCUT2D eigenvalue weighted by atomic mass is 10.00. The van der Waals surface area contributed by atoms with Crippen LogP contribution < -0.4 is 10.6 Å². The van der Waals surface area contributed by atoms with Crippen molar-refractivity contribution in [1.82, 2.24) is 15.5 Å². The van der Waals surface area contributed by atoms with Crippen molar-refractivity contribution >= 4 is 17.9 Å². The van der Waals surface area contributed by atoms with Crippen LogP contribution in [-0.4, -0.2) is 52.6 Å². The Hall–Kier alpha value is -3.55. The summed E-state index contributed by atoms with van der Waals surface area (Å²) in [6, 6.07) is 13.7. The van der Waals surface area contributed by atoms with E-state index < -0.39 is 29.7 Å². The van der Waals surface area contributed by atoms with Crippen molar-refractivity contribution in [3.05, 3.63) is 65.7 Å². The van der Waals surface area contributed by atoms with Crippen molar-refractivity contribution < 1.29 is 24.2 Å². The molecule has 3 amide bonds. The minimum Gasteiger partial charge on any atom is -0.508 e. The van der Waals surface area contributed by atoms with Crippen LogP contribution in [-0.2, 0) is 20.7 Å². The summed E-state index contributed by atoms with van der Waals surface area (Å²) in [4.78, 5) is 41.3. The molecule has 0 aliphatic carbocycles. The maximum Gasteiger partial charge on any atom is 0.408 e. The maximum absolute atomic E-state index is 13.9. The Morgan fingerprint density at radius 3 is 2.19 bits per heavy atom. The van der Waals surface area contributed by atoms with E-state index in [-0.39, 0.29) is 24.6 Å². The number of nitrogens with one attached hydrogen (secondary N) is 2. The molecule has 0 bridgehead atoms. The first-order valence-electron chi connectivity index (χ1n) is 12.5. The number of phenolic OH excluding ortho intramolecular Hbond substituents is 1. The number of carbonyl (C=O) groups is 3. The van der Waals surface area contributed by atoms with Crippen LogP contribution in [0.1, 0.15) is 64.6 Å². The van der Waals surface area contributed by atoms with Gasteiger partial charge in [-0.25, -0.2) is 4.79 Å². The fourth-order valence-corrected chi connectivity index (χ4v) is 3.78. The van der Waals surface area contributed by atoms with Gasteiger partial charge >= 0.3 is 6.09 Å². The summed E-state index contributed by atoms with van der Waals surface area (Å²) >= 11 is 0. The van der Waals surface area contributed by atoms with Crippen LogP contribution in [0.2, 0.25) is 0 Å². The highest BCUT2D eigenvalue weighted by molar-refractivity contribution is 5.92. The molecule has 0 saturated heterocycles. The zero-order valence-electron chi connectivity index (χ0n) is 21.9. The van der Waals surface area contributed by atoms with Gasteiger partial charge in [0.05, 0.1) is 0 Å². The fraction of sp³-hybridized carbons (Fsp3) is 0.464. The van der Waals surface area contributed by atoms with Gasteiger partial charge in [0.2, 0.25) is 11.8 Å². The molecule has 2 rings (SSSR count). The van der Waals surface area contributed by atoms with E-state index in [9.17, 15) is 19.5 Å². The number of unbranched alkanes of at least 4 members (excludes halogenated alkanes) is 1. The van der Waals surface area contributed by atoms with Crippen LogP contribution in [0.15, 0.2) is 54.6 Å². The van der Waals surface area contributed by atoms with Crippen molar-refractivity contribution in [3.8, 4) is 5.75 Å². The molecule has 0 radical (unpaired) electrons. The summed E-state index contributed by atoms with van der Waals surface area (Å²) in [5.74, 6) is -0.664. The quantitative estimate of drug-likeness (QED) is 0.401. The molecular weight excluding hydrogens is 458 g/mol. The molecule has 0 heterocycles. The molecule has 196 valence electrons. The van der Waals surface area contributed by atoms with Gasteiger partial charge in [0, 0.05) is 19.5 Å². The van der Waals surface area contributed by atoms with Crippen molar-refractivity contribution in [1.29, 1.82) is 0 Å². The van der Waals surface area contributed by atoms with E-state index in [1.807, 2.05) is 37.3 Å². The number of aromatic hydroxyl groups is 1. The van der Waals surface area contributed by atoms with Gasteiger partial charge in [-0.2, -0.15) is 0 Å². The number of carbonyl (C=O) groups excluding carboxylic acids is 3. The van der Waals surface area contributed by atoms with Crippen LogP contribution in [0.3, 0.4) is 0 Å². The van der Waals surface area contributed by atoms with Crippen LogP contribution in [0.25, 0.3) is 0 Å². The van der Waals surface area contributed by atoms with E-state index in [0.717, 1.165) is 18.4 Å². The van der Waals surface area contributed by atoms with E-state index in [4.69, 9.17) is 4.74 Å². The molecule has 0 spiro atoms. The molecule has 0 fully saturated rings. The molecule has 2 unspecified atom stereocenters. The number of phenols is 1. The third-order valence-corrected chi connectivity index (χ3v) is 5.49. The Morgan fingerprint density at radius 2 is 1.64 bits per heavy atom. The van der Waals surface area contributed by atoms with E-state index >= 15 is 0 Å². The van der Waals surface area contributed by atoms with Crippen molar-refractivity contribution in [2.24, 2.45) is 0 Å². The molecule has 0 aromatic heterocycles. The van der Waals surface area contributed by atoms with Crippen LogP contribution in [0, 0.1) is 0 Å². The fourth-order valence-electron chi connectivity index (χ4n) is 3.78. The SMILES string of the molecule is CCCCNC(=O)C(c1ccc(O)cc1)N(CC)C(=O)C(Cc1ccccc1)NC(=O)OC(C)(C)C. The standard InChI is InChI=1S/C28H39N3O5/c1-6-8-18-29-25(33)24(21-14-16-22(32)17-15-21)31(7-2)26(34)23(19-20-12-10-9-11-13-20)30-27(35)36-28(3,4)5/h9-17,23-24,32H,6-8,18-19H2,1-5H3,(H,29,33)(H,30,35). The van der Waals surface area contributed by atoms with Crippen molar-refractivity contribution in [2.75, 3.05) is 13.1 Å². The molecule has 8 heteroatoms. The second-order valence-corrected chi connectivity index (χ2v) is 9.65. The molecule has 0 saturated carbocycles. The number of amides is 3. The number of ether oxygens (including phenoxy) is 1. The van der Waals surface area contributed by atoms with Gasteiger partial charge in [-0.05, 0) is 57.4 Å². The number of nitrogens with zero attached hydrogens (tertiary/aromatic N) is 1. The smallest absolute Gasteiger partial charge is 0.408 e. The first kappa shape index (κ1) is 28.7. The molecule has 2 atom stereocenters. The zero-order chi connectivity index (χ0) is 26.7. The van der Waals surface area contributed by atoms with Gasteiger partial charge < -0.3 is 25.4 Å². The second kappa shape index (κ2) is 13.5. The Balaban J connectivity index is 2.41. The van der Waals surface area contributed by atoms with Gasteiger partial charge in [0.15, 0.2) is 0 Å². The molecule has 2 aromatic rings. The minimum absolute atomic E-state index is 0.0619. The Bertz CT molecular complexity index is 986. The normalized spacial score (nSPS) is 12.8. The number of benzene rings is 2. The summed E-state index contributed by atoms with van der Waals surface area (Å²) in [5, 5.41) is 15.4. The maximum atomic E-state index is 13.9. The molecule has 0 aliphatic heterocycles. The van der Waals surface area contributed by atoms with E-state index in [1.165, 1.54) is 17.0 Å². The average molecular weight is 498 g/mol. The summed E-state index contributed by atoms with van der Waals surface area (Å²) < 4.78 is 5.41. The highest BCUT2D eigenvalue weighted by Gasteiger charge is 2.35. The Morgan fingerprint density at radius 1 is 1.00 bits per heavy atom. The van der Waals surface area contributed by atoms with E-state index in [0.29, 0.717) is 12.1 Å². The van der Waals surface area contributed by atoms with Crippen LogP contribution in [0.4, 0.5) is 4.79 Å². The topological polar surface area (TPSA) is 108 Å². The van der Waals surface area contributed by atoms with Gasteiger partial charge in [0.25, 0.3) is 0 Å². The minimum atomic E-state index is -0.953. The van der Waals surface area contributed by atoms with Crippen molar-refractivity contribution in [3.63, 3.8) is 0 Å². The summed E-state index contributed by atoms with van der Waals surface area (Å²) in [6.45, 7) is 9.78. The first-order valence-corrected chi connectivity index (χ1v) is 12.5.